The fraction of sp³-hybridized carbons (Fsp3) is 1.00. The van der Waals surface area contributed by atoms with E-state index in [9.17, 15) is 5.11 Å². The van der Waals surface area contributed by atoms with Crippen molar-refractivity contribution in [3.8, 4) is 0 Å². The van der Waals surface area contributed by atoms with Crippen molar-refractivity contribution in [1.29, 1.82) is 0 Å². The van der Waals surface area contributed by atoms with Crippen LogP contribution in [-0.4, -0.2) is 6.61 Å². The first-order valence-electron chi connectivity index (χ1n) is 7.00. The van der Waals surface area contributed by atoms with Gasteiger partial charge < -0.3 is 5.11 Å². The standard InChI is InChI=1S/C14H29O.K/c1-2-3-4-5-6-7-8-9-10-11-12-13-14-15;/h2-14H2,1H3;/q-1;+1. The zero-order valence-electron chi connectivity index (χ0n) is 11.6. The number of hydrogen-bond donors (Lipinski definition) is 0. The van der Waals surface area contributed by atoms with Crippen molar-refractivity contribution in [3.05, 3.63) is 0 Å². The zero-order chi connectivity index (χ0) is 11.2. The van der Waals surface area contributed by atoms with Crippen molar-refractivity contribution < 1.29 is 56.5 Å². The Kier molecular flexibility index (Phi) is 23.6. The molecule has 2 heteroatoms. The van der Waals surface area contributed by atoms with Gasteiger partial charge >= 0.3 is 51.4 Å². The van der Waals surface area contributed by atoms with E-state index in [0.29, 0.717) is 0 Å². The van der Waals surface area contributed by atoms with Gasteiger partial charge in [0.25, 0.3) is 0 Å². The van der Waals surface area contributed by atoms with Gasteiger partial charge in [0.05, 0.1) is 0 Å². The molecular formula is C14H29KO. The number of rotatable bonds is 12. The summed E-state index contributed by atoms with van der Waals surface area (Å²) < 4.78 is 0. The third-order valence-electron chi connectivity index (χ3n) is 3.00. The van der Waals surface area contributed by atoms with Crippen molar-refractivity contribution in [2.45, 2.75) is 84.0 Å². The normalized spacial score (nSPS) is 10.1. The molecular weight excluding hydrogens is 223 g/mol. The van der Waals surface area contributed by atoms with Gasteiger partial charge in [0.1, 0.15) is 0 Å². The molecule has 1 nitrogen and oxygen atoms in total. The molecule has 16 heavy (non-hydrogen) atoms. The molecule has 0 aromatic heterocycles. The van der Waals surface area contributed by atoms with Crippen LogP contribution < -0.4 is 56.5 Å². The average molecular weight is 252 g/mol. The molecule has 0 unspecified atom stereocenters. The first-order valence-corrected chi connectivity index (χ1v) is 7.00. The van der Waals surface area contributed by atoms with Crippen LogP contribution >= 0.6 is 0 Å². The topological polar surface area (TPSA) is 23.1 Å². The maximum Gasteiger partial charge on any atom is 1.00 e. The van der Waals surface area contributed by atoms with Crippen LogP contribution in [0, 0.1) is 0 Å². The molecule has 0 aromatic rings. The Bertz CT molecular complexity index is 94.9. The predicted octanol–water partition coefficient (Wildman–Crippen LogP) is 1.05. The van der Waals surface area contributed by atoms with Gasteiger partial charge in [-0.15, -0.1) is 6.61 Å². The minimum atomic E-state index is 0. The smallest absolute Gasteiger partial charge is 0.854 e. The first kappa shape index (κ1) is 19.9. The van der Waals surface area contributed by atoms with E-state index in [4.69, 9.17) is 0 Å². The van der Waals surface area contributed by atoms with Crippen LogP contribution in [0.4, 0.5) is 0 Å². The van der Waals surface area contributed by atoms with Crippen LogP contribution in [-0.2, 0) is 0 Å². The van der Waals surface area contributed by atoms with Crippen LogP contribution in [0.15, 0.2) is 0 Å². The molecule has 0 bridgehead atoms. The maximum atomic E-state index is 10.2. The van der Waals surface area contributed by atoms with E-state index in [2.05, 4.69) is 6.92 Å². The summed E-state index contributed by atoms with van der Waals surface area (Å²) in [7, 11) is 0. The van der Waals surface area contributed by atoms with Crippen LogP contribution in [0.2, 0.25) is 0 Å². The molecule has 0 aliphatic rings. The largest absolute Gasteiger partial charge is 1.00 e. The summed E-state index contributed by atoms with van der Waals surface area (Å²) in [6.45, 7) is 2.39. The van der Waals surface area contributed by atoms with Gasteiger partial charge in [-0.1, -0.05) is 84.0 Å². The van der Waals surface area contributed by atoms with E-state index in [1.54, 1.807) is 0 Å². The summed E-state index contributed by atoms with van der Waals surface area (Å²) in [5.41, 5.74) is 0. The van der Waals surface area contributed by atoms with Crippen LogP contribution in [0.3, 0.4) is 0 Å². The Hall–Kier alpha value is 1.60. The molecule has 0 saturated heterocycles. The molecule has 0 rings (SSSR count). The molecule has 0 heterocycles. The molecule has 0 aromatic carbocycles. The van der Waals surface area contributed by atoms with Gasteiger partial charge in [-0.3, -0.25) is 0 Å². The summed E-state index contributed by atoms with van der Waals surface area (Å²) in [6, 6.07) is 0. The first-order chi connectivity index (χ1) is 7.41. The van der Waals surface area contributed by atoms with Gasteiger partial charge in [-0.2, -0.15) is 0 Å². The van der Waals surface area contributed by atoms with Crippen LogP contribution in [0.1, 0.15) is 84.0 Å². The Morgan fingerprint density at radius 2 is 0.875 bits per heavy atom. The van der Waals surface area contributed by atoms with E-state index >= 15 is 0 Å². The molecule has 0 fully saturated rings. The summed E-state index contributed by atoms with van der Waals surface area (Å²) >= 11 is 0. The Balaban J connectivity index is 0. The van der Waals surface area contributed by atoms with E-state index < -0.39 is 0 Å². The van der Waals surface area contributed by atoms with Crippen molar-refractivity contribution in [2.24, 2.45) is 0 Å². The Morgan fingerprint density at radius 1 is 0.562 bits per heavy atom. The van der Waals surface area contributed by atoms with Crippen molar-refractivity contribution in [3.63, 3.8) is 0 Å². The second kappa shape index (κ2) is 18.9. The average Bonchev–Trinajstić information content (AvgIpc) is 2.26. The second-order valence-corrected chi connectivity index (χ2v) is 4.59. The van der Waals surface area contributed by atoms with Gasteiger partial charge in [0.15, 0.2) is 0 Å². The Morgan fingerprint density at radius 3 is 1.19 bits per heavy atom. The van der Waals surface area contributed by atoms with Gasteiger partial charge in [0, 0.05) is 0 Å². The minimum Gasteiger partial charge on any atom is -0.854 e. The molecule has 0 saturated carbocycles. The van der Waals surface area contributed by atoms with E-state index in [1.165, 1.54) is 64.2 Å². The van der Waals surface area contributed by atoms with Crippen molar-refractivity contribution in [2.75, 3.05) is 6.61 Å². The third-order valence-corrected chi connectivity index (χ3v) is 3.00. The Labute approximate surface area is 145 Å². The molecule has 0 amide bonds. The van der Waals surface area contributed by atoms with Gasteiger partial charge in [0.2, 0.25) is 0 Å². The monoisotopic (exact) mass is 252 g/mol. The maximum absolute atomic E-state index is 10.2. The minimum absolute atomic E-state index is 0. The molecule has 92 valence electrons. The molecule has 0 atom stereocenters. The van der Waals surface area contributed by atoms with E-state index in [1.807, 2.05) is 0 Å². The SMILES string of the molecule is CCCCCCCCCCCCCC[O-].[K+]. The van der Waals surface area contributed by atoms with Crippen molar-refractivity contribution in [1.82, 2.24) is 0 Å². The van der Waals surface area contributed by atoms with E-state index in [-0.39, 0.29) is 58.0 Å². The fourth-order valence-electron chi connectivity index (χ4n) is 1.94. The van der Waals surface area contributed by atoms with Crippen molar-refractivity contribution >= 4 is 0 Å². The third kappa shape index (κ3) is 18.0. The molecule has 0 aliphatic carbocycles. The summed E-state index contributed by atoms with van der Waals surface area (Å²) in [4.78, 5) is 0. The predicted molar refractivity (Wildman–Crippen MR) is 65.9 cm³/mol. The number of hydrogen-bond acceptors (Lipinski definition) is 1. The summed E-state index contributed by atoms with van der Waals surface area (Å²) in [5, 5.41) is 10.2. The number of unbranched alkanes of at least 4 members (excludes halogenated alkanes) is 11. The summed E-state index contributed by atoms with van der Waals surface area (Å²) in [5.74, 6) is 0. The molecule has 0 radical (unpaired) electrons. The fourth-order valence-corrected chi connectivity index (χ4v) is 1.94. The molecule has 0 spiro atoms. The molecule has 0 N–H and O–H groups in total. The van der Waals surface area contributed by atoms with Crippen LogP contribution in [0.5, 0.6) is 0 Å². The second-order valence-electron chi connectivity index (χ2n) is 4.59. The van der Waals surface area contributed by atoms with Crippen LogP contribution in [0.25, 0.3) is 0 Å². The zero-order valence-corrected chi connectivity index (χ0v) is 14.7. The quantitative estimate of drug-likeness (QED) is 0.376. The van der Waals surface area contributed by atoms with E-state index in [0.717, 1.165) is 12.8 Å². The molecule has 0 aliphatic heterocycles. The van der Waals surface area contributed by atoms with Gasteiger partial charge in [-0.25, -0.2) is 0 Å². The van der Waals surface area contributed by atoms with Gasteiger partial charge in [-0.05, 0) is 0 Å². The summed E-state index contributed by atoms with van der Waals surface area (Å²) in [6.07, 6.45) is 15.9.